The van der Waals surface area contributed by atoms with E-state index in [9.17, 15) is 39.0 Å². The minimum absolute atomic E-state index is 0. The Morgan fingerprint density at radius 2 is 0.857 bits per heavy atom. The third kappa shape index (κ3) is 12.2. The van der Waals surface area contributed by atoms with Crippen LogP contribution in [0.1, 0.15) is 12.8 Å². The molecule has 4 atom stereocenters. The van der Waals surface area contributed by atoms with Crippen molar-refractivity contribution in [2.45, 2.75) is 37.3 Å². The molecule has 0 aliphatic rings. The number of carboxylic acid groups (broad SMARTS) is 2. The van der Waals surface area contributed by atoms with Gasteiger partial charge < -0.3 is 40.1 Å². The van der Waals surface area contributed by atoms with E-state index < -0.39 is 73.1 Å². The summed E-state index contributed by atoms with van der Waals surface area (Å²) in [6.07, 6.45) is -12.2. The van der Waals surface area contributed by atoms with Gasteiger partial charge in [0.15, 0.2) is 24.4 Å². The van der Waals surface area contributed by atoms with Gasteiger partial charge in [-0.1, -0.05) is 0 Å². The summed E-state index contributed by atoms with van der Waals surface area (Å²) >= 11 is 0. The summed E-state index contributed by atoms with van der Waals surface area (Å²) < 4.78 is 7.77. The first-order valence-electron chi connectivity index (χ1n) is 6.53. The Hall–Kier alpha value is -0.421. The van der Waals surface area contributed by atoms with Gasteiger partial charge in [-0.15, -0.1) is 0 Å². The molecule has 0 rings (SSSR count). The summed E-state index contributed by atoms with van der Waals surface area (Å²) in [4.78, 5) is 65.4. The summed E-state index contributed by atoms with van der Waals surface area (Å²) in [5.41, 5.74) is 0. The number of esters is 4. The second-order valence-corrected chi connectivity index (χ2v) is 4.59. The molecule has 0 amide bonds. The topological polar surface area (TPSA) is 242 Å². The molecule has 0 radical (unpaired) electrons. The second-order valence-electron chi connectivity index (χ2n) is 4.59. The van der Waals surface area contributed by atoms with Crippen LogP contribution in [0.15, 0.2) is 0 Å². The number of aliphatic carboxylic acids is 2. The van der Waals surface area contributed by atoms with Crippen LogP contribution in [0.2, 0.25) is 0 Å². The molecule has 6 N–H and O–H groups in total. The number of hydrogen-bond acceptors (Lipinski definition) is 12. The summed E-state index contributed by atoms with van der Waals surface area (Å²) in [6.45, 7) is 0. The van der Waals surface area contributed by atoms with E-state index in [-0.39, 0.29) is 75.5 Å². The maximum atomic E-state index is 11.3. The number of carbonyl (C=O) groups is 6. The fourth-order valence-electron chi connectivity index (χ4n) is 1.18. The Morgan fingerprint density at radius 3 is 1.07 bits per heavy atom. The number of ether oxygens (including phenoxy) is 2. The number of hydrogen-bond donors (Lipinski definition) is 6. The van der Waals surface area contributed by atoms with Gasteiger partial charge in [0, 0.05) is 0 Å². The summed E-state index contributed by atoms with van der Waals surface area (Å²) in [7, 11) is 0. The Kier molecular flexibility index (Phi) is 17.8. The molecule has 28 heavy (non-hydrogen) atoms. The first kappa shape index (κ1) is 32.3. The van der Waals surface area contributed by atoms with Crippen LogP contribution in [0.3, 0.4) is 0 Å². The van der Waals surface area contributed by atoms with Gasteiger partial charge in [-0.05, 0) is 0 Å². The van der Waals surface area contributed by atoms with E-state index in [1.165, 1.54) is 0 Å². The van der Waals surface area contributed by atoms with Crippen LogP contribution in [-0.4, -0.2) is 166 Å². The van der Waals surface area contributed by atoms with Crippen LogP contribution in [0.25, 0.3) is 0 Å². The van der Waals surface area contributed by atoms with Crippen molar-refractivity contribution < 1.29 is 68.9 Å². The van der Waals surface area contributed by atoms with Gasteiger partial charge in [-0.25, -0.2) is 19.2 Å². The van der Waals surface area contributed by atoms with E-state index in [1.54, 1.807) is 0 Å². The average Bonchev–Trinajstić information content (AvgIpc) is 2.52. The van der Waals surface area contributed by atoms with Crippen molar-refractivity contribution in [3.8, 4) is 0 Å². The molecule has 4 unspecified atom stereocenters. The van der Waals surface area contributed by atoms with Gasteiger partial charge in [-0.3, -0.25) is 9.59 Å². The van der Waals surface area contributed by atoms with E-state index in [1.807, 2.05) is 0 Å². The molecule has 0 bridgehead atoms. The Balaban J connectivity index is -0.00000312. The molecule has 0 fully saturated rings. The van der Waals surface area contributed by atoms with Crippen molar-refractivity contribution in [1.29, 1.82) is 0 Å². The van der Waals surface area contributed by atoms with Gasteiger partial charge in [0.25, 0.3) is 0 Å². The molecule has 0 aromatic carbocycles. The van der Waals surface area contributed by atoms with Gasteiger partial charge >= 0.3 is 111 Å². The van der Waals surface area contributed by atoms with Crippen molar-refractivity contribution in [3.05, 3.63) is 0 Å². The molecule has 0 saturated carbocycles. The molecule has 0 spiro atoms. The van der Waals surface area contributed by atoms with Crippen LogP contribution in [0.5, 0.6) is 0 Å². The maximum absolute atomic E-state index is 11.3. The molecule has 0 aliphatic carbocycles. The first-order valence-corrected chi connectivity index (χ1v) is 6.53. The summed E-state index contributed by atoms with van der Waals surface area (Å²) in [5, 5.41) is 53.0. The zero-order chi connectivity index (χ0) is 20.6. The molecule has 14 nitrogen and oxygen atoms in total. The van der Waals surface area contributed by atoms with Crippen molar-refractivity contribution >= 4 is 111 Å². The zero-order valence-corrected chi connectivity index (χ0v) is 12.7. The zero-order valence-electron chi connectivity index (χ0n) is 12.7. The molecule has 0 saturated heterocycles. The Labute approximate surface area is 215 Å². The predicted octanol–water partition coefficient (Wildman–Crippen LogP) is -6.31. The monoisotopic (exact) mass is 466 g/mol. The summed E-state index contributed by atoms with van der Waals surface area (Å²) in [5.74, 6) is -10.7. The van der Waals surface area contributed by atoms with E-state index in [2.05, 4.69) is 9.47 Å². The number of carbonyl (C=O) groups excluding carboxylic acids is 4. The van der Waals surface area contributed by atoms with Crippen molar-refractivity contribution in [3.63, 3.8) is 0 Å². The van der Waals surface area contributed by atoms with Gasteiger partial charge in [-0.2, -0.15) is 0 Å². The molecule has 154 valence electrons. The SMILES string of the molecule is O=C(CC(O)C(=O)O)OC(=O)C(O)C(O)C(=O)OC(=O)CC(O)C(=O)O.[CaH2].[CaH2]. The molecule has 0 heterocycles. The number of aliphatic hydroxyl groups is 4. The van der Waals surface area contributed by atoms with Crippen LogP contribution in [0.4, 0.5) is 0 Å². The molecule has 0 aliphatic heterocycles. The third-order valence-electron chi connectivity index (χ3n) is 2.50. The van der Waals surface area contributed by atoms with E-state index in [4.69, 9.17) is 20.4 Å². The minimum atomic E-state index is -2.73. The fraction of sp³-hybridized carbons (Fsp3) is 0.500. The fourth-order valence-corrected chi connectivity index (χ4v) is 1.18. The van der Waals surface area contributed by atoms with Crippen LogP contribution < -0.4 is 0 Å². The third-order valence-corrected chi connectivity index (χ3v) is 2.50. The second kappa shape index (κ2) is 15.4. The Bertz CT molecular complexity index is 553. The molecular formula is C12H18Ca2O14. The van der Waals surface area contributed by atoms with Crippen LogP contribution in [0, 0.1) is 0 Å². The summed E-state index contributed by atoms with van der Waals surface area (Å²) in [6, 6.07) is 0. The van der Waals surface area contributed by atoms with Gasteiger partial charge in [0.2, 0.25) is 0 Å². The predicted molar refractivity (Wildman–Crippen MR) is 87.8 cm³/mol. The number of aliphatic hydroxyl groups excluding tert-OH is 4. The molecule has 0 aromatic heterocycles. The molecular weight excluding hydrogens is 448 g/mol. The van der Waals surface area contributed by atoms with Crippen molar-refractivity contribution in [2.24, 2.45) is 0 Å². The van der Waals surface area contributed by atoms with E-state index in [0.29, 0.717) is 0 Å². The van der Waals surface area contributed by atoms with Gasteiger partial charge in [0.05, 0.1) is 12.8 Å². The van der Waals surface area contributed by atoms with Crippen LogP contribution >= 0.6 is 0 Å². The Morgan fingerprint density at radius 1 is 0.607 bits per heavy atom. The molecule has 0 aromatic rings. The quantitative estimate of drug-likeness (QED) is 0.105. The first-order chi connectivity index (χ1) is 11.9. The van der Waals surface area contributed by atoms with Crippen molar-refractivity contribution in [2.75, 3.05) is 0 Å². The number of rotatable bonds is 9. The average molecular weight is 466 g/mol. The standard InChI is InChI=1S/C12H14O14.2Ca.4H/c13-3(9(19)20)1-5(15)25-11(23)7(17)8(18)12(24)26-6(16)2-4(14)10(21)22;;;;;;/h3-4,7-8,13-14,17-18H,1-2H2,(H,19,20)(H,21,22);;;;;;. The molecule has 16 heteroatoms. The normalized spacial score (nSPS) is 14.0. The van der Waals surface area contributed by atoms with E-state index >= 15 is 0 Å². The van der Waals surface area contributed by atoms with Crippen molar-refractivity contribution in [1.82, 2.24) is 0 Å². The number of carboxylic acids is 2. The van der Waals surface area contributed by atoms with Gasteiger partial charge in [0.1, 0.15) is 0 Å². The van der Waals surface area contributed by atoms with E-state index in [0.717, 1.165) is 0 Å². The van der Waals surface area contributed by atoms with Crippen LogP contribution in [-0.2, 0) is 38.2 Å².